The van der Waals surface area contributed by atoms with Gasteiger partial charge in [-0.3, -0.25) is 14.5 Å². The Kier molecular flexibility index (Phi) is 11.2. The van der Waals surface area contributed by atoms with Crippen LogP contribution in [0.15, 0.2) is 60.7 Å². The fourth-order valence-electron chi connectivity index (χ4n) is 3.47. The topological polar surface area (TPSA) is 32.8 Å². The Morgan fingerprint density at radius 3 is 2.04 bits per heavy atom. The van der Waals surface area contributed by atoms with Crippen molar-refractivity contribution in [2.75, 3.05) is 27.2 Å². The molecule has 0 aromatic heterocycles. The molecule has 0 N–H and O–H groups in total. The second kappa shape index (κ2) is 13.1. The normalized spacial score (nSPS) is 18.4. The van der Waals surface area contributed by atoms with Crippen LogP contribution in [0.2, 0.25) is 0 Å². The molecule has 1 fully saturated rings. The van der Waals surface area contributed by atoms with E-state index in [1.165, 1.54) is 23.3 Å². The van der Waals surface area contributed by atoms with Gasteiger partial charge in [0.15, 0.2) is 0 Å². The Labute approximate surface area is 171 Å². The first kappa shape index (κ1) is 23.9. The molecule has 2 aromatic carbocycles. The molecular formula is C24H36N2O2. The number of carbonyl (C=O) groups is 1. The van der Waals surface area contributed by atoms with E-state index in [1.807, 2.05) is 52.0 Å². The molecule has 2 aromatic rings. The summed E-state index contributed by atoms with van der Waals surface area (Å²) in [5.74, 6) is 0.156. The maximum Gasteiger partial charge on any atom is 0.250 e. The summed E-state index contributed by atoms with van der Waals surface area (Å²) >= 11 is 0. The SMILES string of the molecule is CC.CC.CON(C)C(=O)[C@H]1CN(Cc2ccccc2)C[C@@H]1c1ccccc1. The molecule has 0 spiro atoms. The number of nitrogens with zero attached hydrogens (tertiary/aromatic N) is 2. The first-order chi connectivity index (χ1) is 13.7. The van der Waals surface area contributed by atoms with Gasteiger partial charge in [0, 0.05) is 32.6 Å². The Balaban J connectivity index is 0.000000921. The fourth-order valence-corrected chi connectivity index (χ4v) is 3.47. The molecule has 1 amide bonds. The summed E-state index contributed by atoms with van der Waals surface area (Å²) in [4.78, 5) is 20.2. The Bertz CT molecular complexity index is 661. The lowest BCUT2D eigenvalue weighted by molar-refractivity contribution is -0.173. The predicted octanol–water partition coefficient (Wildman–Crippen LogP) is 4.97. The number of amides is 1. The minimum absolute atomic E-state index is 0.0434. The van der Waals surface area contributed by atoms with Crippen molar-refractivity contribution in [2.24, 2.45) is 5.92 Å². The summed E-state index contributed by atoms with van der Waals surface area (Å²) in [6.45, 7) is 10.5. The highest BCUT2D eigenvalue weighted by atomic mass is 16.7. The number of hydroxylamine groups is 2. The zero-order valence-electron chi connectivity index (χ0n) is 18.3. The van der Waals surface area contributed by atoms with Gasteiger partial charge in [0.25, 0.3) is 5.91 Å². The summed E-state index contributed by atoms with van der Waals surface area (Å²) in [7, 11) is 3.22. The minimum Gasteiger partial charge on any atom is -0.298 e. The van der Waals surface area contributed by atoms with E-state index in [2.05, 4.69) is 41.3 Å². The molecule has 154 valence electrons. The lowest BCUT2D eigenvalue weighted by atomic mass is 9.88. The molecule has 3 rings (SSSR count). The highest BCUT2D eigenvalue weighted by Gasteiger charge is 2.39. The minimum atomic E-state index is -0.0823. The van der Waals surface area contributed by atoms with Gasteiger partial charge in [0.05, 0.1) is 13.0 Å². The number of hydrogen-bond acceptors (Lipinski definition) is 3. The van der Waals surface area contributed by atoms with Crippen LogP contribution >= 0.6 is 0 Å². The standard InChI is InChI=1S/C20H24N2O2.2C2H6/c1-21(24-2)20(23)19-15-22(13-16-9-5-3-6-10-16)14-18(19)17-11-7-4-8-12-17;2*1-2/h3-12,18-19H,13-15H2,1-2H3;2*1-2H3/t18-,19+;;/m1../s1. The van der Waals surface area contributed by atoms with Gasteiger partial charge in [0.2, 0.25) is 0 Å². The van der Waals surface area contributed by atoms with Crippen LogP contribution in [0.3, 0.4) is 0 Å². The number of likely N-dealkylation sites (tertiary alicyclic amines) is 1. The number of rotatable bonds is 5. The third kappa shape index (κ3) is 6.47. The molecule has 0 aliphatic carbocycles. The molecule has 0 saturated carbocycles. The third-order valence-corrected chi connectivity index (χ3v) is 4.77. The van der Waals surface area contributed by atoms with Crippen LogP contribution < -0.4 is 0 Å². The molecule has 28 heavy (non-hydrogen) atoms. The van der Waals surface area contributed by atoms with E-state index in [-0.39, 0.29) is 17.7 Å². The molecule has 1 saturated heterocycles. The summed E-state index contributed by atoms with van der Waals surface area (Å²) in [6.07, 6.45) is 0. The van der Waals surface area contributed by atoms with E-state index in [1.54, 1.807) is 7.05 Å². The quantitative estimate of drug-likeness (QED) is 0.682. The van der Waals surface area contributed by atoms with Crippen LogP contribution in [-0.4, -0.2) is 43.1 Å². The molecule has 0 radical (unpaired) electrons. The highest BCUT2D eigenvalue weighted by Crippen LogP contribution is 2.34. The van der Waals surface area contributed by atoms with E-state index >= 15 is 0 Å². The van der Waals surface area contributed by atoms with Crippen LogP contribution in [0.4, 0.5) is 0 Å². The second-order valence-corrected chi connectivity index (χ2v) is 6.32. The van der Waals surface area contributed by atoms with Gasteiger partial charge in [-0.1, -0.05) is 88.4 Å². The summed E-state index contributed by atoms with van der Waals surface area (Å²) in [6, 6.07) is 20.7. The molecule has 1 heterocycles. The Morgan fingerprint density at radius 1 is 0.964 bits per heavy atom. The molecular weight excluding hydrogens is 348 g/mol. The van der Waals surface area contributed by atoms with E-state index in [4.69, 9.17) is 4.84 Å². The molecule has 2 atom stereocenters. The summed E-state index contributed by atoms with van der Waals surface area (Å²) in [5.41, 5.74) is 2.49. The van der Waals surface area contributed by atoms with Crippen molar-refractivity contribution < 1.29 is 9.63 Å². The molecule has 0 unspecified atom stereocenters. The lowest BCUT2D eigenvalue weighted by Gasteiger charge is -2.22. The fraction of sp³-hybridized carbons (Fsp3) is 0.458. The number of benzene rings is 2. The Morgan fingerprint density at radius 2 is 1.50 bits per heavy atom. The lowest BCUT2D eigenvalue weighted by Crippen LogP contribution is -2.35. The van der Waals surface area contributed by atoms with Gasteiger partial charge >= 0.3 is 0 Å². The van der Waals surface area contributed by atoms with Gasteiger partial charge in [-0.15, -0.1) is 0 Å². The smallest absolute Gasteiger partial charge is 0.250 e. The average Bonchev–Trinajstić information content (AvgIpc) is 3.20. The summed E-state index contributed by atoms with van der Waals surface area (Å²) in [5, 5.41) is 1.35. The van der Waals surface area contributed by atoms with E-state index in [0.717, 1.165) is 19.6 Å². The van der Waals surface area contributed by atoms with Gasteiger partial charge in [-0.2, -0.15) is 0 Å². The first-order valence-electron chi connectivity index (χ1n) is 10.3. The van der Waals surface area contributed by atoms with Gasteiger partial charge in [0.1, 0.15) is 0 Å². The largest absolute Gasteiger partial charge is 0.298 e. The molecule has 0 bridgehead atoms. The van der Waals surface area contributed by atoms with Crippen molar-refractivity contribution in [3.05, 3.63) is 71.8 Å². The van der Waals surface area contributed by atoms with E-state index in [9.17, 15) is 4.79 Å². The first-order valence-corrected chi connectivity index (χ1v) is 10.3. The van der Waals surface area contributed by atoms with Crippen LogP contribution in [0, 0.1) is 5.92 Å². The van der Waals surface area contributed by atoms with Gasteiger partial charge in [-0.25, -0.2) is 5.06 Å². The van der Waals surface area contributed by atoms with Crippen molar-refractivity contribution in [2.45, 2.75) is 40.2 Å². The molecule has 1 aliphatic rings. The van der Waals surface area contributed by atoms with Crippen LogP contribution in [0.1, 0.15) is 44.7 Å². The monoisotopic (exact) mass is 384 g/mol. The molecule has 4 nitrogen and oxygen atoms in total. The van der Waals surface area contributed by atoms with Crippen LogP contribution in [-0.2, 0) is 16.2 Å². The van der Waals surface area contributed by atoms with Crippen LogP contribution in [0.5, 0.6) is 0 Å². The second-order valence-electron chi connectivity index (χ2n) is 6.32. The molecule has 4 heteroatoms. The van der Waals surface area contributed by atoms with Crippen LogP contribution in [0.25, 0.3) is 0 Å². The number of carbonyl (C=O) groups excluding carboxylic acids is 1. The Hall–Kier alpha value is -2.17. The van der Waals surface area contributed by atoms with E-state index in [0.29, 0.717) is 0 Å². The zero-order valence-corrected chi connectivity index (χ0v) is 18.3. The summed E-state index contributed by atoms with van der Waals surface area (Å²) < 4.78 is 0. The predicted molar refractivity (Wildman–Crippen MR) is 117 cm³/mol. The van der Waals surface area contributed by atoms with Gasteiger partial charge < -0.3 is 0 Å². The number of hydrogen-bond donors (Lipinski definition) is 0. The zero-order chi connectivity index (χ0) is 20.9. The third-order valence-electron chi connectivity index (χ3n) is 4.77. The molecule has 1 aliphatic heterocycles. The highest BCUT2D eigenvalue weighted by molar-refractivity contribution is 5.79. The van der Waals surface area contributed by atoms with Crippen molar-refractivity contribution in [3.63, 3.8) is 0 Å². The maximum atomic E-state index is 12.7. The van der Waals surface area contributed by atoms with Gasteiger partial charge in [-0.05, 0) is 11.1 Å². The van der Waals surface area contributed by atoms with Crippen molar-refractivity contribution in [1.29, 1.82) is 0 Å². The van der Waals surface area contributed by atoms with Crippen molar-refractivity contribution >= 4 is 5.91 Å². The van der Waals surface area contributed by atoms with Crippen molar-refractivity contribution in [1.82, 2.24) is 9.96 Å². The van der Waals surface area contributed by atoms with Crippen molar-refractivity contribution in [3.8, 4) is 0 Å². The maximum absolute atomic E-state index is 12.7. The average molecular weight is 385 g/mol. The van der Waals surface area contributed by atoms with E-state index < -0.39 is 0 Å².